The van der Waals surface area contributed by atoms with E-state index >= 15 is 0 Å². The minimum Gasteiger partial charge on any atom is -0.495 e. The molecule has 18 heavy (non-hydrogen) atoms. The van der Waals surface area contributed by atoms with Crippen molar-refractivity contribution >= 4 is 29.0 Å². The average Bonchev–Trinajstić information content (AvgIpc) is 2.84. The van der Waals surface area contributed by atoms with Gasteiger partial charge in [-0.15, -0.1) is 0 Å². The monoisotopic (exact) mass is 286 g/mol. The number of carbonyl (C=O) groups is 1. The van der Waals surface area contributed by atoms with Crippen LogP contribution in [-0.4, -0.2) is 12.9 Å². The molecule has 0 spiro atoms. The van der Waals surface area contributed by atoms with E-state index in [9.17, 15) is 4.79 Å². The Kier molecular flexibility index (Phi) is 4.52. The summed E-state index contributed by atoms with van der Waals surface area (Å²) in [7, 11) is 1.53. The summed E-state index contributed by atoms with van der Waals surface area (Å²) in [5.74, 6) is 1.09. The number of hydrogen-bond acceptors (Lipinski definition) is 2. The van der Waals surface area contributed by atoms with E-state index in [1.165, 1.54) is 20.0 Å². The fraction of sp³-hybridized carbons (Fsp3) is 0.500. The minimum atomic E-state index is 0.0800. The number of Topliss-reactive ketones (excluding diaryl/α,β-unsaturated/α-hetero) is 1. The van der Waals surface area contributed by atoms with Crippen LogP contribution in [0, 0.1) is 5.92 Å². The lowest BCUT2D eigenvalue weighted by atomic mass is 9.97. The highest BCUT2D eigenvalue weighted by Crippen LogP contribution is 2.34. The third-order valence-electron chi connectivity index (χ3n) is 3.49. The largest absolute Gasteiger partial charge is 0.495 e. The Morgan fingerprint density at radius 3 is 2.56 bits per heavy atom. The summed E-state index contributed by atoms with van der Waals surface area (Å²) in [6.07, 6.45) is 5.33. The van der Waals surface area contributed by atoms with E-state index in [-0.39, 0.29) is 5.78 Å². The molecule has 98 valence electrons. The van der Waals surface area contributed by atoms with E-state index in [2.05, 4.69) is 0 Å². The van der Waals surface area contributed by atoms with Crippen LogP contribution < -0.4 is 4.74 Å². The van der Waals surface area contributed by atoms with E-state index in [1.807, 2.05) is 0 Å². The molecule has 0 aliphatic heterocycles. The maximum absolute atomic E-state index is 12.2. The molecule has 0 heterocycles. The maximum atomic E-state index is 12.2. The highest BCUT2D eigenvalue weighted by molar-refractivity contribution is 6.36. The van der Waals surface area contributed by atoms with Crippen molar-refractivity contribution in [3.8, 4) is 5.75 Å². The summed E-state index contributed by atoms with van der Waals surface area (Å²) >= 11 is 12.1. The van der Waals surface area contributed by atoms with Gasteiger partial charge in [0.1, 0.15) is 5.75 Å². The van der Waals surface area contributed by atoms with Crippen LogP contribution in [0.3, 0.4) is 0 Å². The third-order valence-corrected chi connectivity index (χ3v) is 4.10. The molecule has 2 nitrogen and oxygen atoms in total. The predicted octanol–water partition coefficient (Wildman–Crippen LogP) is 4.77. The van der Waals surface area contributed by atoms with Crippen LogP contribution in [0.25, 0.3) is 0 Å². The molecule has 0 radical (unpaired) electrons. The quantitative estimate of drug-likeness (QED) is 0.746. The Bertz CT molecular complexity index is 451. The van der Waals surface area contributed by atoms with Crippen LogP contribution in [0.1, 0.15) is 42.5 Å². The van der Waals surface area contributed by atoms with E-state index in [0.29, 0.717) is 33.7 Å². The molecule has 0 saturated heterocycles. The number of methoxy groups -OCH3 is 1. The summed E-state index contributed by atoms with van der Waals surface area (Å²) in [4.78, 5) is 12.2. The number of benzene rings is 1. The Morgan fingerprint density at radius 1 is 1.28 bits per heavy atom. The number of ketones is 1. The zero-order valence-electron chi connectivity index (χ0n) is 10.3. The number of carbonyl (C=O) groups excluding carboxylic acids is 1. The van der Waals surface area contributed by atoms with Crippen molar-refractivity contribution in [3.63, 3.8) is 0 Å². The third kappa shape index (κ3) is 2.99. The fourth-order valence-corrected chi connectivity index (χ4v) is 2.99. The van der Waals surface area contributed by atoms with E-state index in [1.54, 1.807) is 12.1 Å². The Hall–Kier alpha value is -0.730. The van der Waals surface area contributed by atoms with Crippen molar-refractivity contribution in [1.29, 1.82) is 0 Å². The SMILES string of the molecule is COc1cc(Cl)c(C(=O)CC2CCCC2)cc1Cl. The van der Waals surface area contributed by atoms with Gasteiger partial charge in [-0.2, -0.15) is 0 Å². The first-order chi connectivity index (χ1) is 8.61. The van der Waals surface area contributed by atoms with Crippen LogP contribution in [0.15, 0.2) is 12.1 Å². The summed E-state index contributed by atoms with van der Waals surface area (Å²) in [5, 5.41) is 0.843. The molecule has 0 atom stereocenters. The molecule has 0 amide bonds. The highest BCUT2D eigenvalue weighted by Gasteiger charge is 2.21. The Labute approximate surface area is 117 Å². The lowest BCUT2D eigenvalue weighted by molar-refractivity contribution is 0.0962. The molecule has 1 aliphatic rings. The molecule has 2 rings (SSSR count). The molecule has 0 N–H and O–H groups in total. The molecule has 0 aromatic heterocycles. The second kappa shape index (κ2) is 5.94. The van der Waals surface area contributed by atoms with E-state index in [4.69, 9.17) is 27.9 Å². The number of halogens is 2. The molecule has 1 aromatic carbocycles. The molecule has 0 unspecified atom stereocenters. The smallest absolute Gasteiger partial charge is 0.164 e. The van der Waals surface area contributed by atoms with Gasteiger partial charge in [0, 0.05) is 18.1 Å². The van der Waals surface area contributed by atoms with Crippen LogP contribution in [0.4, 0.5) is 0 Å². The van der Waals surface area contributed by atoms with Gasteiger partial charge in [-0.25, -0.2) is 0 Å². The first-order valence-electron chi connectivity index (χ1n) is 6.18. The first-order valence-corrected chi connectivity index (χ1v) is 6.93. The first kappa shape index (κ1) is 13.7. The van der Waals surface area contributed by atoms with Gasteiger partial charge in [-0.1, -0.05) is 48.9 Å². The highest BCUT2D eigenvalue weighted by atomic mass is 35.5. The van der Waals surface area contributed by atoms with Crippen LogP contribution in [0.2, 0.25) is 10.0 Å². The molecule has 1 fully saturated rings. The van der Waals surface area contributed by atoms with E-state index < -0.39 is 0 Å². The van der Waals surface area contributed by atoms with Crippen LogP contribution >= 0.6 is 23.2 Å². The lowest BCUT2D eigenvalue weighted by Gasteiger charge is -2.11. The van der Waals surface area contributed by atoms with Crippen molar-refractivity contribution in [2.24, 2.45) is 5.92 Å². The van der Waals surface area contributed by atoms with Gasteiger partial charge in [0.25, 0.3) is 0 Å². The van der Waals surface area contributed by atoms with E-state index in [0.717, 1.165) is 12.8 Å². The van der Waals surface area contributed by atoms with Crippen molar-refractivity contribution in [3.05, 3.63) is 27.7 Å². The normalized spacial score (nSPS) is 15.9. The van der Waals surface area contributed by atoms with Crippen molar-refractivity contribution < 1.29 is 9.53 Å². The molecule has 1 aromatic rings. The van der Waals surface area contributed by atoms with Crippen molar-refractivity contribution in [2.45, 2.75) is 32.1 Å². The molecule has 0 bridgehead atoms. The Balaban J connectivity index is 2.16. The second-order valence-electron chi connectivity index (χ2n) is 4.74. The van der Waals surface area contributed by atoms with Gasteiger partial charge in [-0.3, -0.25) is 4.79 Å². The fourth-order valence-electron chi connectivity index (χ4n) is 2.49. The zero-order valence-corrected chi connectivity index (χ0v) is 11.9. The number of rotatable bonds is 4. The minimum absolute atomic E-state index is 0.0800. The van der Waals surface area contributed by atoms with Gasteiger partial charge in [0.15, 0.2) is 5.78 Å². The standard InChI is InChI=1S/C14H16Cl2O2/c1-18-14-8-11(15)10(7-12(14)16)13(17)6-9-4-2-3-5-9/h7-9H,2-6H2,1H3. The van der Waals surface area contributed by atoms with Gasteiger partial charge >= 0.3 is 0 Å². The average molecular weight is 287 g/mol. The molecular formula is C14H16Cl2O2. The molecule has 1 aliphatic carbocycles. The second-order valence-corrected chi connectivity index (χ2v) is 5.56. The predicted molar refractivity (Wildman–Crippen MR) is 73.9 cm³/mol. The topological polar surface area (TPSA) is 26.3 Å². The molecule has 1 saturated carbocycles. The summed E-state index contributed by atoms with van der Waals surface area (Å²) in [5.41, 5.74) is 0.509. The van der Waals surface area contributed by atoms with Gasteiger partial charge in [0.2, 0.25) is 0 Å². The lowest BCUT2D eigenvalue weighted by Crippen LogP contribution is -2.06. The summed E-state index contributed by atoms with van der Waals surface area (Å²) in [6, 6.07) is 3.21. The number of ether oxygens (including phenoxy) is 1. The summed E-state index contributed by atoms with van der Waals surface area (Å²) in [6.45, 7) is 0. The Morgan fingerprint density at radius 2 is 1.94 bits per heavy atom. The van der Waals surface area contributed by atoms with Gasteiger partial charge in [-0.05, 0) is 12.0 Å². The van der Waals surface area contributed by atoms with Crippen molar-refractivity contribution in [2.75, 3.05) is 7.11 Å². The maximum Gasteiger partial charge on any atom is 0.164 e. The number of hydrogen-bond donors (Lipinski definition) is 0. The van der Waals surface area contributed by atoms with Crippen LogP contribution in [-0.2, 0) is 0 Å². The zero-order chi connectivity index (χ0) is 13.1. The van der Waals surface area contributed by atoms with Crippen LogP contribution in [0.5, 0.6) is 5.75 Å². The van der Waals surface area contributed by atoms with Gasteiger partial charge in [0.05, 0.1) is 17.2 Å². The molecular weight excluding hydrogens is 271 g/mol. The molecule has 4 heteroatoms. The van der Waals surface area contributed by atoms with Gasteiger partial charge < -0.3 is 4.74 Å². The van der Waals surface area contributed by atoms with Crippen molar-refractivity contribution in [1.82, 2.24) is 0 Å². The summed E-state index contributed by atoms with van der Waals surface area (Å²) < 4.78 is 5.07.